The van der Waals surface area contributed by atoms with Gasteiger partial charge in [0.25, 0.3) is 5.56 Å². The lowest BCUT2D eigenvalue weighted by molar-refractivity contribution is 0.0696. The number of thioether (sulfide) groups is 1. The number of carboxylic acid groups (broad SMARTS) is 1. The van der Waals surface area contributed by atoms with Crippen LogP contribution in [0.4, 0.5) is 0 Å². The smallest absolute Gasteiger partial charge is 0.335 e. The van der Waals surface area contributed by atoms with E-state index in [9.17, 15) is 19.5 Å². The maximum atomic E-state index is 13.2. The van der Waals surface area contributed by atoms with E-state index in [0.717, 1.165) is 5.56 Å². The summed E-state index contributed by atoms with van der Waals surface area (Å²) in [6, 6.07) is 23.0. The Bertz CT molecular complexity index is 1330. The Labute approximate surface area is 188 Å². The number of carbonyl (C=O) groups is 2. The molecule has 4 rings (SSSR count). The standard InChI is InChI=1S/C25H20N2O4S/c28-22(18-9-5-2-6-10-18)16-32-25-26-21-15-19(24(30)31)11-12-20(21)23(29)27(25)14-13-17-7-3-1-4-8-17/h1-12,15H,13-14,16H2,(H,30,31). The summed E-state index contributed by atoms with van der Waals surface area (Å²) in [5, 5.41) is 10.0. The van der Waals surface area contributed by atoms with Gasteiger partial charge in [-0.1, -0.05) is 72.4 Å². The second kappa shape index (κ2) is 9.62. The molecule has 0 unspecified atom stereocenters. The number of rotatable bonds is 8. The van der Waals surface area contributed by atoms with Crippen molar-refractivity contribution in [2.24, 2.45) is 0 Å². The summed E-state index contributed by atoms with van der Waals surface area (Å²) in [6.07, 6.45) is 0.626. The van der Waals surface area contributed by atoms with Gasteiger partial charge in [0.15, 0.2) is 10.9 Å². The Balaban J connectivity index is 1.70. The summed E-state index contributed by atoms with van der Waals surface area (Å²) in [7, 11) is 0. The second-order valence-electron chi connectivity index (χ2n) is 7.20. The van der Waals surface area contributed by atoms with Gasteiger partial charge >= 0.3 is 5.97 Å². The first-order valence-electron chi connectivity index (χ1n) is 10.1. The van der Waals surface area contributed by atoms with Gasteiger partial charge in [-0.05, 0) is 30.2 Å². The lowest BCUT2D eigenvalue weighted by Crippen LogP contribution is -2.25. The van der Waals surface area contributed by atoms with Crippen molar-refractivity contribution in [2.75, 3.05) is 5.75 Å². The average Bonchev–Trinajstić information content (AvgIpc) is 2.83. The number of aromatic carboxylic acids is 1. The van der Waals surface area contributed by atoms with E-state index in [2.05, 4.69) is 4.98 Å². The van der Waals surface area contributed by atoms with Crippen molar-refractivity contribution in [2.45, 2.75) is 18.1 Å². The summed E-state index contributed by atoms with van der Waals surface area (Å²) in [4.78, 5) is 41.7. The van der Waals surface area contributed by atoms with Crippen LogP contribution < -0.4 is 5.56 Å². The van der Waals surface area contributed by atoms with Gasteiger partial charge in [-0.15, -0.1) is 0 Å². The number of hydrogen-bond acceptors (Lipinski definition) is 5. The first kappa shape index (κ1) is 21.5. The molecule has 1 heterocycles. The van der Waals surface area contributed by atoms with Gasteiger partial charge in [-0.25, -0.2) is 9.78 Å². The monoisotopic (exact) mass is 444 g/mol. The van der Waals surface area contributed by atoms with Crippen molar-refractivity contribution in [3.05, 3.63) is 106 Å². The lowest BCUT2D eigenvalue weighted by atomic mass is 10.1. The summed E-state index contributed by atoms with van der Waals surface area (Å²) in [5.41, 5.74) is 1.78. The number of nitrogens with zero attached hydrogens (tertiary/aromatic N) is 2. The summed E-state index contributed by atoms with van der Waals surface area (Å²) < 4.78 is 1.57. The van der Waals surface area contributed by atoms with Gasteiger partial charge in [0.1, 0.15) is 0 Å². The normalized spacial score (nSPS) is 10.9. The molecule has 0 saturated carbocycles. The first-order valence-corrected chi connectivity index (χ1v) is 11.0. The zero-order chi connectivity index (χ0) is 22.5. The van der Waals surface area contributed by atoms with Crippen LogP contribution in [0.3, 0.4) is 0 Å². The minimum atomic E-state index is -1.09. The highest BCUT2D eigenvalue weighted by Gasteiger charge is 2.16. The van der Waals surface area contributed by atoms with Crippen LogP contribution in [0.2, 0.25) is 0 Å². The highest BCUT2D eigenvalue weighted by Crippen LogP contribution is 2.21. The van der Waals surface area contributed by atoms with Crippen LogP contribution >= 0.6 is 11.8 Å². The molecular formula is C25H20N2O4S. The summed E-state index contributed by atoms with van der Waals surface area (Å²) in [5.74, 6) is -1.04. The van der Waals surface area contributed by atoms with Crippen LogP contribution in [0.25, 0.3) is 10.9 Å². The third kappa shape index (κ3) is 4.78. The first-order chi connectivity index (χ1) is 15.5. The SMILES string of the molecule is O=C(O)c1ccc2c(=O)n(CCc3ccccc3)c(SCC(=O)c3ccccc3)nc2c1. The molecule has 3 aromatic carbocycles. The third-order valence-corrected chi connectivity index (χ3v) is 6.04. The van der Waals surface area contributed by atoms with E-state index in [4.69, 9.17) is 0 Å². The molecule has 160 valence electrons. The number of Topliss-reactive ketones (excluding diaryl/α,β-unsaturated/α-hetero) is 1. The van der Waals surface area contributed by atoms with Crippen molar-refractivity contribution in [1.82, 2.24) is 9.55 Å². The van der Waals surface area contributed by atoms with Crippen molar-refractivity contribution in [3.8, 4) is 0 Å². The maximum Gasteiger partial charge on any atom is 0.335 e. The van der Waals surface area contributed by atoms with E-state index in [1.54, 1.807) is 28.8 Å². The predicted octanol–water partition coefficient (Wildman–Crippen LogP) is 4.31. The van der Waals surface area contributed by atoms with Crippen molar-refractivity contribution < 1.29 is 14.7 Å². The quantitative estimate of drug-likeness (QED) is 0.247. The molecule has 0 fully saturated rings. The zero-order valence-corrected chi connectivity index (χ0v) is 17.9. The van der Waals surface area contributed by atoms with Crippen LogP contribution in [0.5, 0.6) is 0 Å². The number of carboxylic acids is 1. The molecule has 1 aromatic heterocycles. The van der Waals surface area contributed by atoms with E-state index in [1.807, 2.05) is 36.4 Å². The molecule has 0 saturated heterocycles. The van der Waals surface area contributed by atoms with Gasteiger partial charge in [-0.2, -0.15) is 0 Å². The number of fused-ring (bicyclic) bond motifs is 1. The molecule has 0 aliphatic heterocycles. The Hall–Kier alpha value is -3.71. The molecule has 0 radical (unpaired) electrons. The highest BCUT2D eigenvalue weighted by molar-refractivity contribution is 7.99. The fourth-order valence-electron chi connectivity index (χ4n) is 3.36. The Morgan fingerprint density at radius 2 is 1.59 bits per heavy atom. The Kier molecular flexibility index (Phi) is 6.47. The van der Waals surface area contributed by atoms with Gasteiger partial charge in [0.2, 0.25) is 0 Å². The molecule has 0 atom stereocenters. The van der Waals surface area contributed by atoms with Gasteiger partial charge in [0, 0.05) is 12.1 Å². The van der Waals surface area contributed by atoms with Crippen molar-refractivity contribution in [1.29, 1.82) is 0 Å². The van der Waals surface area contributed by atoms with Gasteiger partial charge in [-0.3, -0.25) is 14.2 Å². The fraction of sp³-hybridized carbons (Fsp3) is 0.120. The number of aryl methyl sites for hydroxylation is 1. The number of carbonyl (C=O) groups excluding carboxylic acids is 1. The van der Waals surface area contributed by atoms with Crippen LogP contribution in [0.1, 0.15) is 26.3 Å². The molecule has 0 bridgehead atoms. The highest BCUT2D eigenvalue weighted by atomic mass is 32.2. The maximum absolute atomic E-state index is 13.2. The van der Waals surface area contributed by atoms with Crippen molar-refractivity contribution >= 4 is 34.4 Å². The minimum absolute atomic E-state index is 0.0581. The lowest BCUT2D eigenvalue weighted by Gasteiger charge is -2.13. The van der Waals surface area contributed by atoms with Gasteiger partial charge < -0.3 is 5.11 Å². The summed E-state index contributed by atoms with van der Waals surface area (Å²) in [6.45, 7) is 0.397. The van der Waals surface area contributed by atoms with E-state index >= 15 is 0 Å². The second-order valence-corrected chi connectivity index (χ2v) is 8.14. The van der Waals surface area contributed by atoms with Gasteiger partial charge in [0.05, 0.1) is 22.2 Å². The van der Waals surface area contributed by atoms with E-state index in [1.165, 1.54) is 30.0 Å². The molecule has 0 aliphatic carbocycles. The number of benzene rings is 3. The van der Waals surface area contributed by atoms with E-state index < -0.39 is 5.97 Å². The number of aromatic nitrogens is 2. The zero-order valence-electron chi connectivity index (χ0n) is 17.1. The number of ketones is 1. The summed E-state index contributed by atoms with van der Waals surface area (Å²) >= 11 is 1.18. The molecule has 0 spiro atoms. The van der Waals surface area contributed by atoms with Crippen LogP contribution in [-0.4, -0.2) is 32.2 Å². The molecule has 4 aromatic rings. The molecular weight excluding hydrogens is 424 g/mol. The average molecular weight is 445 g/mol. The fourth-order valence-corrected chi connectivity index (χ4v) is 4.28. The van der Waals surface area contributed by atoms with E-state index in [0.29, 0.717) is 34.6 Å². The Morgan fingerprint density at radius 1 is 0.906 bits per heavy atom. The minimum Gasteiger partial charge on any atom is -0.478 e. The molecule has 6 nitrogen and oxygen atoms in total. The van der Waals surface area contributed by atoms with Crippen LogP contribution in [0.15, 0.2) is 88.8 Å². The topological polar surface area (TPSA) is 89.3 Å². The largest absolute Gasteiger partial charge is 0.478 e. The van der Waals surface area contributed by atoms with Crippen molar-refractivity contribution in [3.63, 3.8) is 0 Å². The predicted molar refractivity (Wildman–Crippen MR) is 125 cm³/mol. The molecule has 7 heteroatoms. The van der Waals surface area contributed by atoms with E-state index in [-0.39, 0.29) is 22.7 Å². The molecule has 32 heavy (non-hydrogen) atoms. The van der Waals surface area contributed by atoms with Crippen LogP contribution in [-0.2, 0) is 13.0 Å². The van der Waals surface area contributed by atoms with Crippen LogP contribution in [0, 0.1) is 0 Å². The molecule has 0 amide bonds. The third-order valence-electron chi connectivity index (χ3n) is 5.06. The molecule has 0 aliphatic rings. The molecule has 1 N–H and O–H groups in total. The Morgan fingerprint density at radius 3 is 2.28 bits per heavy atom. The number of hydrogen-bond donors (Lipinski definition) is 1.